The van der Waals surface area contributed by atoms with Gasteiger partial charge in [0.1, 0.15) is 4.83 Å². The number of piperazine rings is 1. The Morgan fingerprint density at radius 1 is 0.973 bits per heavy atom. The van der Waals surface area contributed by atoms with Crippen LogP contribution in [0.3, 0.4) is 0 Å². The van der Waals surface area contributed by atoms with E-state index in [2.05, 4.69) is 71.1 Å². The number of hydrogen-bond donors (Lipinski definition) is 0. The third-order valence-corrected chi connectivity index (χ3v) is 8.58. The van der Waals surface area contributed by atoms with Crippen LogP contribution in [0.4, 0.5) is 5.69 Å². The molecule has 37 heavy (non-hydrogen) atoms. The van der Waals surface area contributed by atoms with Gasteiger partial charge >= 0.3 is 0 Å². The fourth-order valence-electron chi connectivity index (χ4n) is 5.56. The van der Waals surface area contributed by atoms with E-state index in [0.29, 0.717) is 0 Å². The molecule has 0 amide bonds. The van der Waals surface area contributed by atoms with Gasteiger partial charge in [-0.05, 0) is 37.4 Å². The van der Waals surface area contributed by atoms with Crippen molar-refractivity contribution in [2.45, 2.75) is 25.9 Å². The lowest BCUT2D eigenvalue weighted by Crippen LogP contribution is -2.48. The van der Waals surface area contributed by atoms with Crippen molar-refractivity contribution in [3.05, 3.63) is 69.6 Å². The molecular formula is C27H34Cl3N5OS. The predicted molar refractivity (Wildman–Crippen MR) is 163 cm³/mol. The molecule has 2 aromatic carbocycles. The number of halogens is 3. The molecule has 0 aliphatic carbocycles. The van der Waals surface area contributed by atoms with Gasteiger partial charge in [0, 0.05) is 67.8 Å². The summed E-state index contributed by atoms with van der Waals surface area (Å²) in [7, 11) is 2.14. The molecule has 1 atom stereocenters. The molecule has 2 aliphatic rings. The van der Waals surface area contributed by atoms with E-state index < -0.39 is 0 Å². The number of rotatable bonds is 4. The Morgan fingerprint density at radius 2 is 1.70 bits per heavy atom. The van der Waals surface area contributed by atoms with Crippen LogP contribution in [-0.4, -0.2) is 65.7 Å². The van der Waals surface area contributed by atoms with Crippen molar-refractivity contribution in [3.63, 3.8) is 0 Å². The van der Waals surface area contributed by atoms with Crippen molar-refractivity contribution < 1.29 is 0 Å². The normalized spacial score (nSPS) is 17.0. The smallest absolute Gasteiger partial charge is 0.262 e. The second kappa shape index (κ2) is 12.3. The molecule has 0 radical (unpaired) electrons. The van der Waals surface area contributed by atoms with Gasteiger partial charge in [-0.25, -0.2) is 4.98 Å². The number of likely N-dealkylation sites (N-methyl/N-ethyl adjacent to an activating group) is 1. The molecule has 0 N–H and O–H groups in total. The summed E-state index contributed by atoms with van der Waals surface area (Å²) in [5.41, 5.74) is 2.69. The first-order valence-corrected chi connectivity index (χ1v) is 13.0. The molecule has 200 valence electrons. The molecule has 6 nitrogen and oxygen atoms in total. The van der Waals surface area contributed by atoms with E-state index in [0.717, 1.165) is 62.5 Å². The van der Waals surface area contributed by atoms with E-state index in [1.807, 2.05) is 4.57 Å². The highest BCUT2D eigenvalue weighted by atomic mass is 35.5. The first kappa shape index (κ1) is 29.7. The van der Waals surface area contributed by atoms with E-state index in [-0.39, 0.29) is 48.8 Å². The van der Waals surface area contributed by atoms with Gasteiger partial charge in [-0.1, -0.05) is 36.4 Å². The molecule has 1 fully saturated rings. The summed E-state index contributed by atoms with van der Waals surface area (Å²) in [6, 6.07) is 15.3. The fraction of sp³-hybridized carbons (Fsp3) is 0.407. The second-order valence-corrected chi connectivity index (χ2v) is 10.8. The predicted octanol–water partition coefficient (Wildman–Crippen LogP) is 5.25. The molecule has 1 saturated heterocycles. The maximum atomic E-state index is 13.5. The standard InChI is InChI=1S/C27H31N5OS.3ClH/c1-19(32-18-28-26-25(27(32)33)22-10-11-29(2)17-24(22)34-26)16-30-12-14-31(15-13-30)23-9-5-7-20-6-3-4-8-21(20)23;;;/h3-9,18-19H,10-17H2,1-2H3;3*1H. The van der Waals surface area contributed by atoms with Crippen LogP contribution in [0.25, 0.3) is 21.0 Å². The van der Waals surface area contributed by atoms with Crippen LogP contribution in [0.5, 0.6) is 0 Å². The zero-order valence-corrected chi connectivity index (χ0v) is 24.4. The summed E-state index contributed by atoms with van der Waals surface area (Å²) in [6.45, 7) is 8.94. The number of benzene rings is 2. The summed E-state index contributed by atoms with van der Waals surface area (Å²) in [5.74, 6) is 0. The van der Waals surface area contributed by atoms with Crippen molar-refractivity contribution in [2.24, 2.45) is 0 Å². The van der Waals surface area contributed by atoms with Gasteiger partial charge in [0.15, 0.2) is 0 Å². The lowest BCUT2D eigenvalue weighted by atomic mass is 10.1. The summed E-state index contributed by atoms with van der Waals surface area (Å²) in [4.78, 5) is 27.7. The topological polar surface area (TPSA) is 44.6 Å². The van der Waals surface area contributed by atoms with Gasteiger partial charge < -0.3 is 9.80 Å². The number of anilines is 1. The van der Waals surface area contributed by atoms with Crippen molar-refractivity contribution >= 4 is 75.2 Å². The van der Waals surface area contributed by atoms with Crippen molar-refractivity contribution in [2.75, 3.05) is 51.2 Å². The van der Waals surface area contributed by atoms with Crippen LogP contribution in [0.2, 0.25) is 0 Å². The van der Waals surface area contributed by atoms with Gasteiger partial charge in [-0.15, -0.1) is 48.6 Å². The number of hydrogen-bond acceptors (Lipinski definition) is 6. The van der Waals surface area contributed by atoms with E-state index in [4.69, 9.17) is 4.98 Å². The molecule has 2 aliphatic heterocycles. The maximum absolute atomic E-state index is 13.5. The summed E-state index contributed by atoms with van der Waals surface area (Å²) in [6.07, 6.45) is 2.71. The van der Waals surface area contributed by atoms with Gasteiger partial charge in [0.25, 0.3) is 5.56 Å². The first-order chi connectivity index (χ1) is 16.6. The van der Waals surface area contributed by atoms with Gasteiger partial charge in [-0.2, -0.15) is 0 Å². The van der Waals surface area contributed by atoms with Crippen LogP contribution in [0, 0.1) is 0 Å². The van der Waals surface area contributed by atoms with Crippen LogP contribution in [-0.2, 0) is 13.0 Å². The summed E-state index contributed by atoms with van der Waals surface area (Å²) < 4.78 is 1.87. The molecule has 4 aromatic rings. The highest BCUT2D eigenvalue weighted by Gasteiger charge is 2.25. The number of fused-ring (bicyclic) bond motifs is 4. The fourth-order valence-corrected chi connectivity index (χ4v) is 6.81. The Kier molecular flexibility index (Phi) is 9.89. The van der Waals surface area contributed by atoms with Crippen LogP contribution in [0.15, 0.2) is 53.6 Å². The number of aromatic nitrogens is 2. The maximum Gasteiger partial charge on any atom is 0.262 e. The monoisotopic (exact) mass is 581 g/mol. The lowest BCUT2D eigenvalue weighted by Gasteiger charge is -2.37. The Hall–Kier alpha value is -1.87. The SMILES string of the molecule is CC(CN1CCN(c2cccc3ccccc23)CC1)n1cnc2sc3c(c2c1=O)CCN(C)C3.Cl.Cl.Cl. The quantitative estimate of drug-likeness (QED) is 0.329. The van der Waals surface area contributed by atoms with Gasteiger partial charge in [0.05, 0.1) is 11.7 Å². The van der Waals surface area contributed by atoms with Crippen molar-refractivity contribution in [1.29, 1.82) is 0 Å². The number of thiophene rings is 1. The Morgan fingerprint density at radius 3 is 2.49 bits per heavy atom. The summed E-state index contributed by atoms with van der Waals surface area (Å²) >= 11 is 1.69. The zero-order valence-electron chi connectivity index (χ0n) is 21.1. The van der Waals surface area contributed by atoms with Crippen molar-refractivity contribution in [3.8, 4) is 0 Å². The number of nitrogens with zero attached hydrogens (tertiary/aromatic N) is 5. The highest BCUT2D eigenvalue weighted by Crippen LogP contribution is 2.32. The van der Waals surface area contributed by atoms with E-state index in [1.54, 1.807) is 17.7 Å². The molecule has 0 bridgehead atoms. The van der Waals surface area contributed by atoms with Crippen LogP contribution >= 0.6 is 48.6 Å². The molecule has 10 heteroatoms. The highest BCUT2D eigenvalue weighted by molar-refractivity contribution is 7.18. The van der Waals surface area contributed by atoms with Crippen molar-refractivity contribution in [1.82, 2.24) is 19.4 Å². The Bertz CT molecular complexity index is 1410. The molecule has 1 unspecified atom stereocenters. The minimum atomic E-state index is 0. The Labute approximate surface area is 240 Å². The average molecular weight is 583 g/mol. The third kappa shape index (κ3) is 5.63. The molecule has 2 aromatic heterocycles. The zero-order chi connectivity index (χ0) is 23.2. The molecule has 4 heterocycles. The van der Waals surface area contributed by atoms with E-state index >= 15 is 0 Å². The van der Waals surface area contributed by atoms with Crippen LogP contribution in [0.1, 0.15) is 23.4 Å². The van der Waals surface area contributed by atoms with E-state index in [9.17, 15) is 4.79 Å². The van der Waals surface area contributed by atoms with Crippen LogP contribution < -0.4 is 10.5 Å². The summed E-state index contributed by atoms with van der Waals surface area (Å²) in [5, 5.41) is 3.48. The molecule has 0 saturated carbocycles. The minimum absolute atomic E-state index is 0. The third-order valence-electron chi connectivity index (χ3n) is 7.45. The largest absolute Gasteiger partial charge is 0.368 e. The lowest BCUT2D eigenvalue weighted by molar-refractivity contribution is 0.224. The molecule has 0 spiro atoms. The Balaban J connectivity index is 0.00000127. The average Bonchev–Trinajstić information content (AvgIpc) is 3.22. The van der Waals surface area contributed by atoms with Gasteiger partial charge in [-0.3, -0.25) is 14.3 Å². The minimum Gasteiger partial charge on any atom is -0.368 e. The molecular weight excluding hydrogens is 549 g/mol. The first-order valence-electron chi connectivity index (χ1n) is 12.2. The van der Waals surface area contributed by atoms with Gasteiger partial charge in [0.2, 0.25) is 0 Å². The molecule has 6 rings (SSSR count). The second-order valence-electron chi connectivity index (χ2n) is 9.76. The van der Waals surface area contributed by atoms with E-state index in [1.165, 1.54) is 26.9 Å².